The van der Waals surface area contributed by atoms with Crippen molar-refractivity contribution in [3.8, 4) is 5.69 Å². The first kappa shape index (κ1) is 15.5. The van der Waals surface area contributed by atoms with Gasteiger partial charge in [-0.05, 0) is 37.6 Å². The van der Waals surface area contributed by atoms with Gasteiger partial charge in [-0.1, -0.05) is 5.16 Å². The number of nitrogens with zero attached hydrogens (tertiary/aromatic N) is 3. The van der Waals surface area contributed by atoms with Crippen LogP contribution in [0.3, 0.4) is 0 Å². The van der Waals surface area contributed by atoms with Gasteiger partial charge in [-0.2, -0.15) is 5.10 Å². The summed E-state index contributed by atoms with van der Waals surface area (Å²) < 4.78 is 6.50. The normalized spacial score (nSPS) is 10.6. The third-order valence-corrected chi connectivity index (χ3v) is 3.35. The van der Waals surface area contributed by atoms with Crippen LogP contribution in [0.15, 0.2) is 41.2 Å². The summed E-state index contributed by atoms with van der Waals surface area (Å²) in [7, 11) is 0. The molecule has 3 N–H and O–H groups in total. The van der Waals surface area contributed by atoms with Crippen LogP contribution in [0, 0.1) is 13.8 Å². The molecule has 0 saturated carbocycles. The Labute approximate surface area is 137 Å². The second kappa shape index (κ2) is 5.99. The van der Waals surface area contributed by atoms with Crippen molar-refractivity contribution < 1.29 is 14.1 Å². The van der Waals surface area contributed by atoms with E-state index in [-0.39, 0.29) is 11.3 Å². The summed E-state index contributed by atoms with van der Waals surface area (Å²) in [5, 5.41) is 10.6. The maximum Gasteiger partial charge on any atom is 0.277 e. The quantitative estimate of drug-likeness (QED) is 0.759. The lowest BCUT2D eigenvalue weighted by molar-refractivity contribution is 0.0994. The number of primary amides is 1. The lowest BCUT2D eigenvalue weighted by Gasteiger charge is -2.11. The molecule has 0 aliphatic heterocycles. The van der Waals surface area contributed by atoms with Gasteiger partial charge >= 0.3 is 0 Å². The SMILES string of the molecule is Cc1cnn(-c2ccc(C(N)=O)cc2NC(=O)c2cc(C)on2)c1. The molecular weight excluding hydrogens is 310 g/mol. The average Bonchev–Trinajstić information content (AvgIpc) is 3.15. The van der Waals surface area contributed by atoms with E-state index >= 15 is 0 Å². The summed E-state index contributed by atoms with van der Waals surface area (Å²) in [4.78, 5) is 23.7. The Kier molecular flexibility index (Phi) is 3.87. The van der Waals surface area contributed by atoms with E-state index in [9.17, 15) is 9.59 Å². The van der Waals surface area contributed by atoms with Crippen LogP contribution in [0.1, 0.15) is 32.2 Å². The molecular formula is C16H15N5O3. The highest BCUT2D eigenvalue weighted by Gasteiger charge is 2.16. The lowest BCUT2D eigenvalue weighted by atomic mass is 10.1. The van der Waals surface area contributed by atoms with Gasteiger partial charge in [0, 0.05) is 17.8 Å². The molecule has 2 amide bonds. The molecule has 3 rings (SSSR count). The number of aryl methyl sites for hydroxylation is 2. The number of anilines is 1. The first-order valence-electron chi connectivity index (χ1n) is 7.14. The molecule has 0 atom stereocenters. The number of benzene rings is 1. The summed E-state index contributed by atoms with van der Waals surface area (Å²) in [5.41, 5.74) is 7.67. The number of rotatable bonds is 4. The van der Waals surface area contributed by atoms with Gasteiger partial charge in [0.1, 0.15) is 5.76 Å². The van der Waals surface area contributed by atoms with Crippen LogP contribution >= 0.6 is 0 Å². The van der Waals surface area contributed by atoms with Crippen molar-refractivity contribution in [1.82, 2.24) is 14.9 Å². The summed E-state index contributed by atoms with van der Waals surface area (Å²) >= 11 is 0. The van der Waals surface area contributed by atoms with Gasteiger partial charge in [0.25, 0.3) is 5.91 Å². The van der Waals surface area contributed by atoms with Gasteiger partial charge in [0.05, 0.1) is 17.6 Å². The first-order valence-corrected chi connectivity index (χ1v) is 7.14. The van der Waals surface area contributed by atoms with Crippen LogP contribution in [0.4, 0.5) is 5.69 Å². The second-order valence-electron chi connectivity index (χ2n) is 5.34. The minimum Gasteiger partial charge on any atom is -0.366 e. The fourth-order valence-electron chi connectivity index (χ4n) is 2.19. The van der Waals surface area contributed by atoms with E-state index in [1.165, 1.54) is 12.1 Å². The highest BCUT2D eigenvalue weighted by atomic mass is 16.5. The van der Waals surface area contributed by atoms with Crippen molar-refractivity contribution in [1.29, 1.82) is 0 Å². The maximum absolute atomic E-state index is 12.3. The van der Waals surface area contributed by atoms with Crippen LogP contribution in [-0.4, -0.2) is 26.8 Å². The Balaban J connectivity index is 2.01. The molecule has 8 heteroatoms. The van der Waals surface area contributed by atoms with E-state index < -0.39 is 11.8 Å². The van der Waals surface area contributed by atoms with Gasteiger partial charge < -0.3 is 15.6 Å². The molecule has 1 aromatic carbocycles. The monoisotopic (exact) mass is 325 g/mol. The third-order valence-electron chi connectivity index (χ3n) is 3.35. The summed E-state index contributed by atoms with van der Waals surface area (Å²) in [6, 6.07) is 6.26. The Morgan fingerprint density at radius 3 is 2.62 bits per heavy atom. The van der Waals surface area contributed by atoms with E-state index in [1.807, 2.05) is 6.92 Å². The molecule has 122 valence electrons. The number of hydrogen-bond acceptors (Lipinski definition) is 5. The fourth-order valence-corrected chi connectivity index (χ4v) is 2.19. The number of carbonyl (C=O) groups excluding carboxylic acids is 2. The van der Waals surface area contributed by atoms with Crippen LogP contribution in [-0.2, 0) is 0 Å². The molecule has 0 radical (unpaired) electrons. The van der Waals surface area contributed by atoms with Crippen molar-refractivity contribution in [2.24, 2.45) is 5.73 Å². The zero-order valence-electron chi connectivity index (χ0n) is 13.1. The van der Waals surface area contributed by atoms with E-state index in [2.05, 4.69) is 15.6 Å². The molecule has 2 aromatic heterocycles. The van der Waals surface area contributed by atoms with Gasteiger partial charge in [-0.25, -0.2) is 4.68 Å². The topological polar surface area (TPSA) is 116 Å². The van der Waals surface area contributed by atoms with Crippen molar-refractivity contribution in [2.45, 2.75) is 13.8 Å². The largest absolute Gasteiger partial charge is 0.366 e. The molecule has 0 bridgehead atoms. The van der Waals surface area contributed by atoms with Crippen LogP contribution < -0.4 is 11.1 Å². The minimum absolute atomic E-state index is 0.138. The molecule has 0 aliphatic rings. The summed E-state index contributed by atoms with van der Waals surface area (Å²) in [6.45, 7) is 3.59. The average molecular weight is 325 g/mol. The van der Waals surface area contributed by atoms with Gasteiger partial charge in [0.15, 0.2) is 5.69 Å². The van der Waals surface area contributed by atoms with Crippen molar-refractivity contribution in [3.05, 3.63) is 59.2 Å². The number of carbonyl (C=O) groups is 2. The first-order chi connectivity index (χ1) is 11.4. The van der Waals surface area contributed by atoms with Crippen LogP contribution in [0.5, 0.6) is 0 Å². The summed E-state index contributed by atoms with van der Waals surface area (Å²) in [6.07, 6.45) is 3.49. The maximum atomic E-state index is 12.3. The highest BCUT2D eigenvalue weighted by molar-refractivity contribution is 6.05. The predicted octanol–water partition coefficient (Wildman–Crippen LogP) is 1.83. The van der Waals surface area contributed by atoms with E-state index in [4.69, 9.17) is 10.3 Å². The van der Waals surface area contributed by atoms with E-state index in [0.717, 1.165) is 5.56 Å². The van der Waals surface area contributed by atoms with E-state index in [1.54, 1.807) is 36.1 Å². The Morgan fingerprint density at radius 1 is 1.25 bits per heavy atom. The van der Waals surface area contributed by atoms with Gasteiger partial charge in [-0.3, -0.25) is 9.59 Å². The van der Waals surface area contributed by atoms with Crippen molar-refractivity contribution >= 4 is 17.5 Å². The van der Waals surface area contributed by atoms with E-state index in [0.29, 0.717) is 17.1 Å². The van der Waals surface area contributed by atoms with Gasteiger partial charge in [0.2, 0.25) is 5.91 Å². The Morgan fingerprint density at radius 2 is 2.04 bits per heavy atom. The van der Waals surface area contributed by atoms with Crippen LogP contribution in [0.25, 0.3) is 5.69 Å². The molecule has 3 aromatic rings. The third kappa shape index (κ3) is 3.02. The number of amides is 2. The fraction of sp³-hybridized carbons (Fsp3) is 0.125. The number of aromatic nitrogens is 3. The molecule has 0 unspecified atom stereocenters. The number of nitrogens with two attached hydrogens (primary N) is 1. The summed E-state index contributed by atoms with van der Waals surface area (Å²) in [5.74, 6) is -0.529. The standard InChI is InChI=1S/C16H15N5O3/c1-9-7-18-21(8-9)14-4-3-11(15(17)22)6-12(14)19-16(23)13-5-10(2)24-20-13/h3-8H,1-2H3,(H2,17,22)(H,19,23). The molecule has 24 heavy (non-hydrogen) atoms. The molecule has 0 fully saturated rings. The zero-order valence-corrected chi connectivity index (χ0v) is 13.1. The smallest absolute Gasteiger partial charge is 0.277 e. The molecule has 2 heterocycles. The Hall–Kier alpha value is -3.42. The highest BCUT2D eigenvalue weighted by Crippen LogP contribution is 2.23. The Bertz CT molecular complexity index is 925. The lowest BCUT2D eigenvalue weighted by Crippen LogP contribution is -2.16. The molecule has 0 aliphatic carbocycles. The minimum atomic E-state index is -0.592. The molecule has 8 nitrogen and oxygen atoms in total. The van der Waals surface area contributed by atoms with Crippen molar-refractivity contribution in [2.75, 3.05) is 5.32 Å². The predicted molar refractivity (Wildman–Crippen MR) is 86.0 cm³/mol. The number of hydrogen-bond donors (Lipinski definition) is 2. The number of nitrogens with one attached hydrogen (secondary N) is 1. The van der Waals surface area contributed by atoms with Crippen molar-refractivity contribution in [3.63, 3.8) is 0 Å². The molecule has 0 saturated heterocycles. The molecule has 0 spiro atoms. The van der Waals surface area contributed by atoms with Gasteiger partial charge in [-0.15, -0.1) is 0 Å². The zero-order chi connectivity index (χ0) is 17.3. The second-order valence-corrected chi connectivity index (χ2v) is 5.34. The van der Waals surface area contributed by atoms with Crippen LogP contribution in [0.2, 0.25) is 0 Å².